The van der Waals surface area contributed by atoms with E-state index in [1.165, 1.54) is 0 Å². The van der Waals surface area contributed by atoms with Crippen molar-refractivity contribution in [3.05, 3.63) is 66.7 Å². The monoisotopic (exact) mass is 236 g/mol. The van der Waals surface area contributed by atoms with Gasteiger partial charge < -0.3 is 5.11 Å². The zero-order chi connectivity index (χ0) is 12.4. The highest BCUT2D eigenvalue weighted by atomic mass is 16.3. The number of rotatable bonds is 2. The quantitative estimate of drug-likeness (QED) is 0.520. The first-order valence-corrected chi connectivity index (χ1v) is 5.95. The fourth-order valence-electron chi connectivity index (χ4n) is 2.12. The molecule has 0 radical (unpaired) electrons. The maximum Gasteiger partial charge on any atom is 0.185 e. The minimum Gasteiger partial charge on any atom is -0.502 e. The van der Waals surface area contributed by atoms with E-state index in [4.69, 9.17) is 0 Å². The topological polar surface area (TPSA) is 36.8 Å². The molecule has 0 unspecified atom stereocenters. The first-order valence-electron chi connectivity index (χ1n) is 5.95. The second-order valence-corrected chi connectivity index (χ2v) is 4.28. The van der Waals surface area contributed by atoms with Gasteiger partial charge in [-0.15, -0.1) is 0 Å². The molecule has 88 valence electrons. The predicted molar refractivity (Wildman–Crippen MR) is 73.3 cm³/mol. The Morgan fingerprint density at radius 1 is 0.722 bits per heavy atom. The number of phenolic OH excluding ortho intramolecular Hbond substituents is 1. The third kappa shape index (κ3) is 1.94. The molecule has 0 saturated carbocycles. The second-order valence-electron chi connectivity index (χ2n) is 4.28. The lowest BCUT2D eigenvalue weighted by molar-refractivity contribution is -0.479. The van der Waals surface area contributed by atoms with E-state index in [9.17, 15) is 5.11 Å². The van der Waals surface area contributed by atoms with Gasteiger partial charge in [0, 0.05) is 11.5 Å². The summed E-state index contributed by atoms with van der Waals surface area (Å²) in [6, 6.07) is 21.8. The van der Waals surface area contributed by atoms with Gasteiger partial charge in [-0.1, -0.05) is 42.5 Å². The number of quaternary nitrogens is 1. The fraction of sp³-hybridized carbons (Fsp3) is 0. The third-order valence-corrected chi connectivity index (χ3v) is 3.05. The van der Waals surface area contributed by atoms with E-state index in [2.05, 4.69) is 0 Å². The highest BCUT2D eigenvalue weighted by Crippen LogP contribution is 2.29. The third-order valence-electron chi connectivity index (χ3n) is 3.05. The Morgan fingerprint density at radius 3 is 2.28 bits per heavy atom. The van der Waals surface area contributed by atoms with Crippen LogP contribution in [0.4, 0.5) is 11.4 Å². The van der Waals surface area contributed by atoms with Crippen molar-refractivity contribution in [3.63, 3.8) is 0 Å². The van der Waals surface area contributed by atoms with E-state index < -0.39 is 0 Å². The Bertz CT molecular complexity index is 677. The SMILES string of the molecule is Oc1c([NH2+]c2ccccc2)ccc2ccccc12. The molecule has 3 rings (SSSR count). The zero-order valence-corrected chi connectivity index (χ0v) is 9.88. The summed E-state index contributed by atoms with van der Waals surface area (Å²) in [5.41, 5.74) is 1.93. The summed E-state index contributed by atoms with van der Waals surface area (Å²) in [5.74, 6) is 0.344. The molecule has 0 aliphatic rings. The Hall–Kier alpha value is -2.32. The lowest BCUT2D eigenvalue weighted by Crippen LogP contribution is -2.70. The molecule has 18 heavy (non-hydrogen) atoms. The van der Waals surface area contributed by atoms with Crippen LogP contribution in [0.5, 0.6) is 5.75 Å². The van der Waals surface area contributed by atoms with Crippen molar-refractivity contribution >= 4 is 22.1 Å². The molecule has 3 N–H and O–H groups in total. The molecule has 0 aliphatic heterocycles. The summed E-state index contributed by atoms with van der Waals surface area (Å²) < 4.78 is 0. The molecule has 0 fully saturated rings. The van der Waals surface area contributed by atoms with Crippen LogP contribution in [0.3, 0.4) is 0 Å². The van der Waals surface area contributed by atoms with E-state index in [0.717, 1.165) is 22.1 Å². The van der Waals surface area contributed by atoms with Gasteiger partial charge in [0.15, 0.2) is 11.4 Å². The molecule has 0 saturated heterocycles. The second kappa shape index (κ2) is 4.51. The largest absolute Gasteiger partial charge is 0.502 e. The van der Waals surface area contributed by atoms with Crippen molar-refractivity contribution in [1.82, 2.24) is 0 Å². The molecule has 0 amide bonds. The molecular weight excluding hydrogens is 222 g/mol. The average Bonchev–Trinajstić information content (AvgIpc) is 2.43. The summed E-state index contributed by atoms with van der Waals surface area (Å²) in [6.45, 7) is 0. The van der Waals surface area contributed by atoms with Crippen LogP contribution in [-0.2, 0) is 0 Å². The van der Waals surface area contributed by atoms with Gasteiger partial charge in [-0.3, -0.25) is 5.32 Å². The Morgan fingerprint density at radius 2 is 1.44 bits per heavy atom. The zero-order valence-electron chi connectivity index (χ0n) is 9.88. The molecule has 3 aromatic carbocycles. The summed E-state index contributed by atoms with van der Waals surface area (Å²) in [7, 11) is 0. The van der Waals surface area contributed by atoms with Gasteiger partial charge >= 0.3 is 0 Å². The van der Waals surface area contributed by atoms with Crippen LogP contribution < -0.4 is 5.32 Å². The summed E-state index contributed by atoms with van der Waals surface area (Å²) in [6.07, 6.45) is 0. The molecule has 0 bridgehead atoms. The van der Waals surface area contributed by atoms with Crippen molar-refractivity contribution in [2.75, 3.05) is 0 Å². The first-order chi connectivity index (χ1) is 8.84. The smallest absolute Gasteiger partial charge is 0.185 e. The van der Waals surface area contributed by atoms with Crippen LogP contribution in [0, 0.1) is 0 Å². The van der Waals surface area contributed by atoms with Gasteiger partial charge in [0.1, 0.15) is 5.69 Å². The number of nitrogens with two attached hydrogens (primary N) is 1. The average molecular weight is 236 g/mol. The molecule has 0 heterocycles. The van der Waals surface area contributed by atoms with Crippen molar-refractivity contribution in [1.29, 1.82) is 0 Å². The van der Waals surface area contributed by atoms with E-state index in [-0.39, 0.29) is 0 Å². The van der Waals surface area contributed by atoms with Crippen LogP contribution in [0.25, 0.3) is 10.8 Å². The Kier molecular flexibility index (Phi) is 2.71. The van der Waals surface area contributed by atoms with Crippen molar-refractivity contribution < 1.29 is 10.4 Å². The number of benzene rings is 3. The number of hydrogen-bond acceptors (Lipinski definition) is 1. The normalized spacial score (nSPS) is 10.7. The van der Waals surface area contributed by atoms with Gasteiger partial charge in [0.05, 0.1) is 0 Å². The van der Waals surface area contributed by atoms with Crippen LogP contribution in [0.15, 0.2) is 66.7 Å². The van der Waals surface area contributed by atoms with Crippen molar-refractivity contribution in [3.8, 4) is 5.75 Å². The van der Waals surface area contributed by atoms with Crippen LogP contribution in [-0.4, -0.2) is 5.11 Å². The molecule has 2 heteroatoms. The number of fused-ring (bicyclic) bond motifs is 1. The highest BCUT2D eigenvalue weighted by molar-refractivity contribution is 5.91. The maximum absolute atomic E-state index is 10.3. The molecule has 0 spiro atoms. The van der Waals surface area contributed by atoms with Gasteiger partial charge in [0.2, 0.25) is 0 Å². The van der Waals surface area contributed by atoms with Crippen LogP contribution >= 0.6 is 0 Å². The summed E-state index contributed by atoms with van der Waals surface area (Å²) in [5, 5.41) is 14.2. The molecular formula is C16H14NO+. The van der Waals surface area contributed by atoms with Crippen LogP contribution in [0.1, 0.15) is 0 Å². The molecule has 0 aromatic heterocycles. The number of hydrogen-bond donors (Lipinski definition) is 2. The maximum atomic E-state index is 10.3. The van der Waals surface area contributed by atoms with E-state index in [1.54, 1.807) is 0 Å². The fourth-order valence-corrected chi connectivity index (χ4v) is 2.12. The van der Waals surface area contributed by atoms with E-state index in [1.807, 2.05) is 72.0 Å². The summed E-state index contributed by atoms with van der Waals surface area (Å²) in [4.78, 5) is 0. The molecule has 0 atom stereocenters. The number of phenols is 1. The van der Waals surface area contributed by atoms with Gasteiger partial charge in [0.25, 0.3) is 0 Å². The first kappa shape index (κ1) is 10.8. The van der Waals surface area contributed by atoms with E-state index in [0.29, 0.717) is 5.75 Å². The standard InChI is InChI=1S/C16H13NO/c18-16-14-9-5-4-6-12(14)10-11-15(16)17-13-7-2-1-3-8-13/h1-11,17-18H/p+1. The Labute approximate surface area is 106 Å². The van der Waals surface area contributed by atoms with Crippen LogP contribution in [0.2, 0.25) is 0 Å². The Balaban J connectivity index is 2.05. The minimum absolute atomic E-state index is 0.344. The number of para-hydroxylation sites is 1. The molecule has 3 aromatic rings. The van der Waals surface area contributed by atoms with Crippen molar-refractivity contribution in [2.45, 2.75) is 0 Å². The van der Waals surface area contributed by atoms with Gasteiger partial charge in [-0.25, -0.2) is 0 Å². The lowest BCUT2D eigenvalue weighted by atomic mass is 10.1. The van der Waals surface area contributed by atoms with Gasteiger partial charge in [-0.05, 0) is 23.6 Å². The summed E-state index contributed by atoms with van der Waals surface area (Å²) >= 11 is 0. The number of aromatic hydroxyl groups is 1. The minimum atomic E-state index is 0.344. The molecule has 0 aliphatic carbocycles. The predicted octanol–water partition coefficient (Wildman–Crippen LogP) is 3.07. The highest BCUT2D eigenvalue weighted by Gasteiger charge is 2.09. The van der Waals surface area contributed by atoms with Gasteiger partial charge in [-0.2, -0.15) is 0 Å². The van der Waals surface area contributed by atoms with E-state index >= 15 is 0 Å². The lowest BCUT2D eigenvalue weighted by Gasteiger charge is -2.05. The van der Waals surface area contributed by atoms with Crippen molar-refractivity contribution in [2.24, 2.45) is 0 Å². The molecule has 2 nitrogen and oxygen atoms in total.